The van der Waals surface area contributed by atoms with Crippen LogP contribution in [0, 0.1) is 0 Å². The first-order valence-corrected chi connectivity index (χ1v) is 8.17. The summed E-state index contributed by atoms with van der Waals surface area (Å²) in [5.41, 5.74) is 0. The summed E-state index contributed by atoms with van der Waals surface area (Å²) in [4.78, 5) is 25.8. The standard InChI is InChI=1S/C6H14O13P2/c7-1-2(8)4(10)6(12,5(11)3(1)9)18-21(16,17)19-20(13,14)15/h1-5,7-12H,(H,16,17)(H2,13,14,15)/t1-,2-,3+,4-,5-,6-/m1/s1. The lowest BCUT2D eigenvalue weighted by Gasteiger charge is -2.46. The van der Waals surface area contributed by atoms with Crippen molar-refractivity contribution in [1.82, 2.24) is 0 Å². The molecule has 0 saturated heterocycles. The lowest BCUT2D eigenvalue weighted by Crippen LogP contribution is -2.71. The number of aliphatic hydroxyl groups is 6. The van der Waals surface area contributed by atoms with E-state index < -0.39 is 52.0 Å². The molecule has 1 fully saturated rings. The Balaban J connectivity index is 3.08. The minimum atomic E-state index is -5.73. The molecule has 13 nitrogen and oxygen atoms in total. The Morgan fingerprint density at radius 2 is 1.19 bits per heavy atom. The highest BCUT2D eigenvalue weighted by Gasteiger charge is 2.61. The van der Waals surface area contributed by atoms with Crippen LogP contribution in [0.15, 0.2) is 0 Å². The Hall–Kier alpha value is 0.0200. The van der Waals surface area contributed by atoms with Crippen LogP contribution in [0.4, 0.5) is 0 Å². The molecule has 0 spiro atoms. The summed E-state index contributed by atoms with van der Waals surface area (Å²) in [6.45, 7) is 0. The van der Waals surface area contributed by atoms with Crippen molar-refractivity contribution in [3.05, 3.63) is 0 Å². The molecule has 1 aliphatic rings. The molecule has 0 aromatic carbocycles. The molecule has 9 N–H and O–H groups in total. The van der Waals surface area contributed by atoms with Gasteiger partial charge in [0.15, 0.2) is 0 Å². The summed E-state index contributed by atoms with van der Waals surface area (Å²) >= 11 is 0. The van der Waals surface area contributed by atoms with Crippen molar-refractivity contribution >= 4 is 15.6 Å². The molecule has 1 rings (SSSR count). The quantitative estimate of drug-likeness (QED) is 0.171. The van der Waals surface area contributed by atoms with Gasteiger partial charge in [-0.2, -0.15) is 4.31 Å². The maximum absolute atomic E-state index is 11.3. The topological polar surface area (TPSA) is 235 Å². The van der Waals surface area contributed by atoms with Crippen molar-refractivity contribution in [3.63, 3.8) is 0 Å². The predicted molar refractivity (Wildman–Crippen MR) is 59.0 cm³/mol. The fourth-order valence-corrected chi connectivity index (χ4v) is 3.48. The Morgan fingerprint density at radius 1 is 0.810 bits per heavy atom. The van der Waals surface area contributed by atoms with Crippen LogP contribution < -0.4 is 0 Å². The number of phosphoric ester groups is 1. The molecule has 0 bridgehead atoms. The van der Waals surface area contributed by atoms with Gasteiger partial charge in [0.1, 0.15) is 30.5 Å². The van der Waals surface area contributed by atoms with Gasteiger partial charge in [0, 0.05) is 0 Å². The molecule has 7 atom stereocenters. The molecule has 1 saturated carbocycles. The normalized spacial score (nSPS) is 44.3. The molecule has 0 aromatic heterocycles. The highest BCUT2D eigenvalue weighted by molar-refractivity contribution is 7.60. The third-order valence-electron chi connectivity index (χ3n) is 2.67. The zero-order valence-electron chi connectivity index (χ0n) is 9.94. The van der Waals surface area contributed by atoms with E-state index in [9.17, 15) is 39.8 Å². The van der Waals surface area contributed by atoms with E-state index in [1.165, 1.54) is 0 Å². The lowest BCUT2D eigenvalue weighted by atomic mass is 9.82. The van der Waals surface area contributed by atoms with Crippen molar-refractivity contribution in [1.29, 1.82) is 0 Å². The molecule has 21 heavy (non-hydrogen) atoms. The van der Waals surface area contributed by atoms with E-state index in [4.69, 9.17) is 14.7 Å². The van der Waals surface area contributed by atoms with E-state index in [2.05, 4.69) is 8.83 Å². The van der Waals surface area contributed by atoms with E-state index in [1.54, 1.807) is 0 Å². The molecule has 0 aromatic rings. The van der Waals surface area contributed by atoms with Crippen LogP contribution in [0.25, 0.3) is 0 Å². The Kier molecular flexibility index (Phi) is 5.36. The summed E-state index contributed by atoms with van der Waals surface area (Å²) in [6.07, 6.45) is -12.0. The molecule has 15 heteroatoms. The van der Waals surface area contributed by atoms with E-state index in [1.807, 2.05) is 0 Å². The second kappa shape index (κ2) is 5.91. The number of hydrogen-bond donors (Lipinski definition) is 9. The number of rotatable bonds is 4. The van der Waals surface area contributed by atoms with Gasteiger partial charge in [-0.1, -0.05) is 0 Å². The van der Waals surface area contributed by atoms with Gasteiger partial charge in [0.05, 0.1) is 0 Å². The van der Waals surface area contributed by atoms with Crippen molar-refractivity contribution in [2.75, 3.05) is 0 Å². The Labute approximate surface area is 116 Å². The SMILES string of the molecule is O=P(O)(O)OP(=O)(O)O[C@]1(O)[C@H](O)[C@H](O)[C@@H](O)[C@H](O)[C@H]1O. The largest absolute Gasteiger partial charge is 0.483 e. The van der Waals surface area contributed by atoms with E-state index in [0.717, 1.165) is 0 Å². The molecule has 0 amide bonds. The van der Waals surface area contributed by atoms with Gasteiger partial charge in [0.25, 0.3) is 0 Å². The molecule has 1 unspecified atom stereocenters. The van der Waals surface area contributed by atoms with E-state index in [0.29, 0.717) is 0 Å². The zero-order valence-corrected chi connectivity index (χ0v) is 11.7. The van der Waals surface area contributed by atoms with Crippen LogP contribution >= 0.6 is 15.6 Å². The van der Waals surface area contributed by atoms with Gasteiger partial charge < -0.3 is 45.3 Å². The van der Waals surface area contributed by atoms with E-state index in [-0.39, 0.29) is 0 Å². The number of hydrogen-bond acceptors (Lipinski definition) is 10. The predicted octanol–water partition coefficient (Wildman–Crippen LogP) is -4.28. The van der Waals surface area contributed by atoms with Gasteiger partial charge in [-0.3, -0.25) is 0 Å². The lowest BCUT2D eigenvalue weighted by molar-refractivity contribution is -0.336. The first-order chi connectivity index (χ1) is 9.21. The average molecular weight is 356 g/mol. The van der Waals surface area contributed by atoms with Crippen molar-refractivity contribution in [2.45, 2.75) is 36.3 Å². The van der Waals surface area contributed by atoms with Gasteiger partial charge >= 0.3 is 15.6 Å². The molecule has 0 radical (unpaired) electrons. The smallest absolute Gasteiger partial charge is 0.387 e. The summed E-state index contributed by atoms with van der Waals surface area (Å²) in [7, 11) is -11.3. The fraction of sp³-hybridized carbons (Fsp3) is 1.00. The Bertz CT molecular complexity index is 457. The van der Waals surface area contributed by atoms with Crippen LogP contribution in [0.5, 0.6) is 0 Å². The van der Waals surface area contributed by atoms with Crippen LogP contribution in [0.1, 0.15) is 0 Å². The summed E-state index contributed by atoms with van der Waals surface area (Å²) in [6, 6.07) is 0. The number of phosphoric acid groups is 2. The highest BCUT2D eigenvalue weighted by atomic mass is 31.3. The van der Waals surface area contributed by atoms with Crippen LogP contribution in [-0.4, -0.2) is 81.6 Å². The monoisotopic (exact) mass is 356 g/mol. The highest BCUT2D eigenvalue weighted by Crippen LogP contribution is 2.60. The van der Waals surface area contributed by atoms with Gasteiger partial charge in [-0.15, -0.1) is 0 Å². The zero-order chi connectivity index (χ0) is 16.8. The van der Waals surface area contributed by atoms with Crippen molar-refractivity contribution in [3.8, 4) is 0 Å². The average Bonchev–Trinajstić information content (AvgIpc) is 2.28. The van der Waals surface area contributed by atoms with Gasteiger partial charge in [-0.25, -0.2) is 13.7 Å². The molecule has 1 aliphatic carbocycles. The molecular formula is C6H14O13P2. The van der Waals surface area contributed by atoms with Gasteiger partial charge in [-0.05, 0) is 0 Å². The summed E-state index contributed by atoms with van der Waals surface area (Å²) in [5, 5.41) is 56.6. The maximum Gasteiger partial charge on any atom is 0.483 e. The van der Waals surface area contributed by atoms with E-state index >= 15 is 0 Å². The minimum absolute atomic E-state index is 2.14. The van der Waals surface area contributed by atoms with Crippen LogP contribution in [0.3, 0.4) is 0 Å². The third kappa shape index (κ3) is 4.06. The first kappa shape index (κ1) is 19.1. The summed E-state index contributed by atoms with van der Waals surface area (Å²) in [5.74, 6) is -3.56. The second-order valence-corrected chi connectivity index (χ2v) is 7.00. The number of aliphatic hydroxyl groups excluding tert-OH is 5. The Morgan fingerprint density at radius 3 is 1.52 bits per heavy atom. The molecule has 0 heterocycles. The third-order valence-corrected chi connectivity index (χ3v) is 4.87. The van der Waals surface area contributed by atoms with Crippen molar-refractivity contribution < 1.29 is 63.3 Å². The van der Waals surface area contributed by atoms with Gasteiger partial charge in [0.2, 0.25) is 5.79 Å². The van der Waals surface area contributed by atoms with Crippen LogP contribution in [0.2, 0.25) is 0 Å². The second-order valence-electron chi connectivity index (χ2n) is 4.25. The maximum atomic E-state index is 11.3. The molecule has 126 valence electrons. The first-order valence-electron chi connectivity index (χ1n) is 5.14. The summed E-state index contributed by atoms with van der Waals surface area (Å²) < 4.78 is 29.0. The fourth-order valence-electron chi connectivity index (χ4n) is 1.68. The minimum Gasteiger partial charge on any atom is -0.387 e. The van der Waals surface area contributed by atoms with Crippen molar-refractivity contribution in [2.24, 2.45) is 0 Å². The molecule has 0 aliphatic heterocycles. The molecular weight excluding hydrogens is 342 g/mol. The van der Waals surface area contributed by atoms with Crippen LogP contribution in [-0.2, 0) is 18.0 Å².